The van der Waals surface area contributed by atoms with E-state index in [4.69, 9.17) is 18.6 Å². The summed E-state index contributed by atoms with van der Waals surface area (Å²) in [4.78, 5) is 14.2. The predicted molar refractivity (Wildman–Crippen MR) is 146 cm³/mol. The highest BCUT2D eigenvalue weighted by atomic mass is 16.5. The SMILES string of the molecule is COc1c(O)cc2oc3cc4c(c(OCc5ccccc5)c3c(=O)c2c1CC=C(C)C)C=CC(C)(C)O4. The maximum absolute atomic E-state index is 14.2. The molecule has 0 saturated heterocycles. The molecule has 0 fully saturated rings. The van der Waals surface area contributed by atoms with Crippen LogP contribution in [0.5, 0.6) is 23.0 Å². The summed E-state index contributed by atoms with van der Waals surface area (Å²) in [6.07, 6.45) is 6.26. The molecule has 1 aliphatic rings. The van der Waals surface area contributed by atoms with Gasteiger partial charge >= 0.3 is 0 Å². The van der Waals surface area contributed by atoms with Crippen molar-refractivity contribution in [1.29, 1.82) is 0 Å². The zero-order chi connectivity index (χ0) is 26.3. The van der Waals surface area contributed by atoms with E-state index >= 15 is 0 Å². The Hall–Kier alpha value is -4.19. The monoisotopic (exact) mass is 498 g/mol. The Labute approximate surface area is 215 Å². The van der Waals surface area contributed by atoms with Crippen molar-refractivity contribution >= 4 is 28.0 Å². The van der Waals surface area contributed by atoms with Crippen LogP contribution in [0.2, 0.25) is 0 Å². The number of ether oxygens (including phenoxy) is 3. The maximum Gasteiger partial charge on any atom is 0.204 e. The lowest BCUT2D eigenvalue weighted by Crippen LogP contribution is -2.27. The summed E-state index contributed by atoms with van der Waals surface area (Å²) < 4.78 is 24.3. The van der Waals surface area contributed by atoms with Gasteiger partial charge in [-0.05, 0) is 51.8 Å². The third-order valence-corrected chi connectivity index (χ3v) is 6.41. The first-order valence-corrected chi connectivity index (χ1v) is 12.2. The molecule has 6 nitrogen and oxygen atoms in total. The van der Waals surface area contributed by atoms with Crippen LogP contribution in [-0.4, -0.2) is 17.8 Å². The van der Waals surface area contributed by atoms with Crippen molar-refractivity contribution in [3.05, 3.63) is 87.1 Å². The smallest absolute Gasteiger partial charge is 0.204 e. The number of methoxy groups -OCH3 is 1. The van der Waals surface area contributed by atoms with Crippen molar-refractivity contribution < 1.29 is 23.7 Å². The van der Waals surface area contributed by atoms with Crippen LogP contribution < -0.4 is 19.6 Å². The highest BCUT2D eigenvalue weighted by Gasteiger charge is 2.29. The number of phenols is 1. The fraction of sp³-hybridized carbons (Fsp3) is 0.258. The van der Waals surface area contributed by atoms with E-state index < -0.39 is 5.60 Å². The van der Waals surface area contributed by atoms with Gasteiger partial charge < -0.3 is 23.7 Å². The standard InChI is InChI=1S/C31H30O6/c1-18(2)11-12-21-26-24(15-22(32)29(21)34-5)36-25-16-23-20(13-14-31(3,4)37-23)30(27(25)28(26)33)35-17-19-9-7-6-8-10-19/h6-11,13-16,32H,12,17H2,1-5H3. The minimum Gasteiger partial charge on any atom is -0.504 e. The zero-order valence-electron chi connectivity index (χ0n) is 21.7. The molecule has 0 aliphatic carbocycles. The van der Waals surface area contributed by atoms with Crippen LogP contribution in [0.25, 0.3) is 28.0 Å². The number of hydrogen-bond acceptors (Lipinski definition) is 6. The quantitative estimate of drug-likeness (QED) is 0.229. The molecule has 1 aliphatic heterocycles. The Bertz CT molecular complexity index is 1620. The predicted octanol–water partition coefficient (Wildman–Crippen LogP) is 6.93. The van der Waals surface area contributed by atoms with Gasteiger partial charge in [-0.1, -0.05) is 42.0 Å². The molecule has 4 aromatic rings. The maximum atomic E-state index is 14.2. The first-order valence-electron chi connectivity index (χ1n) is 12.2. The Morgan fingerprint density at radius 3 is 2.49 bits per heavy atom. The summed E-state index contributed by atoms with van der Waals surface area (Å²) in [5.41, 5.74) is 3.11. The summed E-state index contributed by atoms with van der Waals surface area (Å²) in [5.74, 6) is 1.13. The van der Waals surface area contributed by atoms with E-state index in [0.29, 0.717) is 45.4 Å². The molecule has 5 rings (SSSR count). The van der Waals surface area contributed by atoms with Gasteiger partial charge in [-0.15, -0.1) is 0 Å². The van der Waals surface area contributed by atoms with E-state index in [-0.39, 0.29) is 29.1 Å². The third-order valence-electron chi connectivity index (χ3n) is 6.41. The Morgan fingerprint density at radius 2 is 1.78 bits per heavy atom. The van der Waals surface area contributed by atoms with Gasteiger partial charge in [0.2, 0.25) is 5.43 Å². The number of allylic oxidation sites excluding steroid dienone is 2. The van der Waals surface area contributed by atoms with Gasteiger partial charge in [-0.2, -0.15) is 0 Å². The molecule has 6 heteroatoms. The van der Waals surface area contributed by atoms with Gasteiger partial charge in [0.1, 0.15) is 40.3 Å². The molecule has 0 unspecified atom stereocenters. The van der Waals surface area contributed by atoms with Crippen LogP contribution >= 0.6 is 0 Å². The lowest BCUT2D eigenvalue weighted by molar-refractivity contribution is 0.158. The highest BCUT2D eigenvalue weighted by Crippen LogP contribution is 2.44. The van der Waals surface area contributed by atoms with Gasteiger partial charge in [0.15, 0.2) is 11.5 Å². The number of benzene rings is 3. The van der Waals surface area contributed by atoms with E-state index in [9.17, 15) is 9.90 Å². The highest BCUT2D eigenvalue weighted by molar-refractivity contribution is 5.99. The second kappa shape index (κ2) is 9.36. The third kappa shape index (κ3) is 4.55. The summed E-state index contributed by atoms with van der Waals surface area (Å²) in [7, 11) is 1.48. The molecule has 37 heavy (non-hydrogen) atoms. The Kier molecular flexibility index (Phi) is 6.20. The molecule has 0 bridgehead atoms. The molecule has 0 radical (unpaired) electrons. The first-order chi connectivity index (χ1) is 17.7. The molecular formula is C31H30O6. The average molecular weight is 499 g/mol. The minimum atomic E-state index is -0.530. The van der Waals surface area contributed by atoms with Crippen LogP contribution in [0, 0.1) is 0 Å². The van der Waals surface area contributed by atoms with Gasteiger partial charge in [0.05, 0.1) is 18.1 Å². The van der Waals surface area contributed by atoms with E-state index in [1.165, 1.54) is 13.2 Å². The number of aromatic hydroxyl groups is 1. The van der Waals surface area contributed by atoms with Crippen molar-refractivity contribution in [3.63, 3.8) is 0 Å². The second-order valence-electron chi connectivity index (χ2n) is 10.0. The molecule has 190 valence electrons. The van der Waals surface area contributed by atoms with E-state index in [0.717, 1.165) is 11.1 Å². The van der Waals surface area contributed by atoms with Crippen LogP contribution in [0.4, 0.5) is 0 Å². The van der Waals surface area contributed by atoms with Gasteiger partial charge in [0.25, 0.3) is 0 Å². The van der Waals surface area contributed by atoms with Crippen molar-refractivity contribution in [2.24, 2.45) is 0 Å². The van der Waals surface area contributed by atoms with Crippen LogP contribution in [0.1, 0.15) is 44.4 Å². The Balaban J connectivity index is 1.83. The second-order valence-corrected chi connectivity index (χ2v) is 10.0. The molecule has 3 aromatic carbocycles. The lowest BCUT2D eigenvalue weighted by Gasteiger charge is -2.29. The fourth-order valence-corrected chi connectivity index (χ4v) is 4.63. The molecule has 0 atom stereocenters. The minimum absolute atomic E-state index is 0.0894. The molecule has 0 spiro atoms. The van der Waals surface area contributed by atoms with Crippen molar-refractivity contribution in [2.75, 3.05) is 7.11 Å². The number of phenolic OH excluding ortho intramolecular Hbond substituents is 1. The summed E-state index contributed by atoms with van der Waals surface area (Å²) in [5, 5.41) is 11.3. The summed E-state index contributed by atoms with van der Waals surface area (Å²) >= 11 is 0. The Morgan fingerprint density at radius 1 is 1.05 bits per heavy atom. The van der Waals surface area contributed by atoms with Crippen molar-refractivity contribution in [1.82, 2.24) is 0 Å². The van der Waals surface area contributed by atoms with E-state index in [2.05, 4.69) is 0 Å². The average Bonchev–Trinajstić information content (AvgIpc) is 2.84. The summed E-state index contributed by atoms with van der Waals surface area (Å²) in [6.45, 7) is 8.13. The normalized spacial score (nSPS) is 13.8. The molecule has 2 heterocycles. The first kappa shape index (κ1) is 24.5. The van der Waals surface area contributed by atoms with E-state index in [1.807, 2.05) is 76.3 Å². The number of rotatable bonds is 6. The van der Waals surface area contributed by atoms with Crippen LogP contribution in [0.3, 0.4) is 0 Å². The van der Waals surface area contributed by atoms with Crippen molar-refractivity contribution in [2.45, 2.75) is 46.3 Å². The van der Waals surface area contributed by atoms with Gasteiger partial charge in [0, 0.05) is 17.7 Å². The van der Waals surface area contributed by atoms with Gasteiger partial charge in [-0.25, -0.2) is 0 Å². The summed E-state index contributed by atoms with van der Waals surface area (Å²) in [6, 6.07) is 12.9. The largest absolute Gasteiger partial charge is 0.504 e. The molecular weight excluding hydrogens is 468 g/mol. The molecule has 0 saturated carbocycles. The lowest BCUT2D eigenvalue weighted by atomic mass is 9.97. The fourth-order valence-electron chi connectivity index (χ4n) is 4.63. The van der Waals surface area contributed by atoms with Crippen LogP contribution in [-0.2, 0) is 13.0 Å². The molecule has 1 N–H and O–H groups in total. The van der Waals surface area contributed by atoms with Crippen molar-refractivity contribution in [3.8, 4) is 23.0 Å². The van der Waals surface area contributed by atoms with Crippen LogP contribution in [0.15, 0.2) is 69.4 Å². The zero-order valence-corrected chi connectivity index (χ0v) is 21.7. The number of hydrogen-bond donors (Lipinski definition) is 1. The van der Waals surface area contributed by atoms with Gasteiger partial charge in [-0.3, -0.25) is 4.79 Å². The topological polar surface area (TPSA) is 78.1 Å². The molecule has 0 amide bonds. The number of fused-ring (bicyclic) bond motifs is 3. The van der Waals surface area contributed by atoms with E-state index in [1.54, 1.807) is 6.07 Å². The molecule has 1 aromatic heterocycles.